The van der Waals surface area contributed by atoms with Crippen LogP contribution in [0.5, 0.6) is 5.75 Å². The predicted octanol–water partition coefficient (Wildman–Crippen LogP) is 3.66. The summed E-state index contributed by atoms with van der Waals surface area (Å²) in [6.07, 6.45) is 7.52. The maximum absolute atomic E-state index is 9.05. The van der Waals surface area contributed by atoms with E-state index in [-0.39, 0.29) is 6.61 Å². The van der Waals surface area contributed by atoms with Crippen LogP contribution in [0.4, 0.5) is 0 Å². The second-order valence-electron chi connectivity index (χ2n) is 4.90. The van der Waals surface area contributed by atoms with E-state index in [2.05, 4.69) is 18.0 Å². The smallest absolute Gasteiger partial charge is 0.120 e. The largest absolute Gasteiger partial charge is 0.494 e. The summed E-state index contributed by atoms with van der Waals surface area (Å²) in [5.74, 6) is 0.919. The van der Waals surface area contributed by atoms with Crippen LogP contribution in [0, 0.1) is 0 Å². The van der Waals surface area contributed by atoms with Gasteiger partial charge in [-0.25, -0.2) is 0 Å². The molecule has 2 N–H and O–H groups in total. The predicted molar refractivity (Wildman–Crippen MR) is 78.7 cm³/mol. The number of nitrogens with one attached hydrogen (secondary N) is 1. The Morgan fingerprint density at radius 2 is 2.11 bits per heavy atom. The van der Waals surface area contributed by atoms with E-state index < -0.39 is 0 Å². The molecule has 1 aromatic heterocycles. The topological polar surface area (TPSA) is 45.2 Å². The summed E-state index contributed by atoms with van der Waals surface area (Å²) in [5.41, 5.74) is 2.25. The highest BCUT2D eigenvalue weighted by Gasteiger charge is 2.04. The monoisotopic (exact) mass is 261 g/mol. The molecule has 0 aliphatic rings. The van der Waals surface area contributed by atoms with Crippen molar-refractivity contribution < 1.29 is 9.84 Å². The van der Waals surface area contributed by atoms with E-state index in [1.54, 1.807) is 0 Å². The molecule has 0 unspecified atom stereocenters. The summed E-state index contributed by atoms with van der Waals surface area (Å²) < 4.78 is 5.79. The van der Waals surface area contributed by atoms with Crippen molar-refractivity contribution in [3.63, 3.8) is 0 Å². The quantitative estimate of drug-likeness (QED) is 0.712. The van der Waals surface area contributed by atoms with Crippen LogP contribution in [0.25, 0.3) is 10.9 Å². The Bertz CT molecular complexity index is 504. The van der Waals surface area contributed by atoms with Gasteiger partial charge in [0, 0.05) is 23.7 Å². The van der Waals surface area contributed by atoms with Gasteiger partial charge in [-0.1, -0.05) is 26.2 Å². The van der Waals surface area contributed by atoms with Crippen LogP contribution in [0.1, 0.15) is 38.2 Å². The maximum Gasteiger partial charge on any atom is 0.120 e. The van der Waals surface area contributed by atoms with Gasteiger partial charge in [0.1, 0.15) is 5.75 Å². The van der Waals surface area contributed by atoms with Crippen LogP contribution in [-0.2, 0) is 6.42 Å². The van der Waals surface area contributed by atoms with Gasteiger partial charge in [-0.05, 0) is 36.6 Å². The molecule has 0 radical (unpaired) electrons. The molecule has 0 amide bonds. The van der Waals surface area contributed by atoms with E-state index in [0.29, 0.717) is 6.42 Å². The van der Waals surface area contributed by atoms with Gasteiger partial charge in [-0.2, -0.15) is 0 Å². The highest BCUT2D eigenvalue weighted by atomic mass is 16.5. The third-order valence-corrected chi connectivity index (χ3v) is 3.39. The molecule has 0 atom stereocenters. The fraction of sp³-hybridized carbons (Fsp3) is 0.500. The fourth-order valence-electron chi connectivity index (χ4n) is 2.29. The third-order valence-electron chi connectivity index (χ3n) is 3.39. The lowest BCUT2D eigenvalue weighted by molar-refractivity contribution is 0.300. The number of fused-ring (bicyclic) bond motifs is 1. The van der Waals surface area contributed by atoms with E-state index in [9.17, 15) is 0 Å². The minimum atomic E-state index is 0.176. The minimum absolute atomic E-state index is 0.176. The molecule has 0 aliphatic carbocycles. The summed E-state index contributed by atoms with van der Waals surface area (Å²) in [4.78, 5) is 3.22. The molecule has 0 saturated carbocycles. The van der Waals surface area contributed by atoms with Gasteiger partial charge in [0.05, 0.1) is 6.61 Å². The number of benzene rings is 1. The first-order chi connectivity index (χ1) is 9.35. The van der Waals surface area contributed by atoms with Crippen molar-refractivity contribution >= 4 is 10.9 Å². The molecule has 104 valence electrons. The molecule has 2 rings (SSSR count). The Kier molecular flexibility index (Phi) is 5.28. The van der Waals surface area contributed by atoms with Gasteiger partial charge >= 0.3 is 0 Å². The van der Waals surface area contributed by atoms with E-state index in [1.807, 2.05) is 18.3 Å². The lowest BCUT2D eigenvalue weighted by atomic mass is 10.1. The minimum Gasteiger partial charge on any atom is -0.494 e. The number of H-pyrrole nitrogens is 1. The Labute approximate surface area is 114 Å². The summed E-state index contributed by atoms with van der Waals surface area (Å²) in [6.45, 7) is 3.17. The Morgan fingerprint density at radius 1 is 1.21 bits per heavy atom. The molecule has 0 aliphatic heterocycles. The zero-order valence-corrected chi connectivity index (χ0v) is 11.6. The van der Waals surface area contributed by atoms with E-state index in [1.165, 1.54) is 19.3 Å². The number of unbranched alkanes of at least 4 members (excludes halogenated alkanes) is 3. The average Bonchev–Trinajstić information content (AvgIpc) is 2.82. The van der Waals surface area contributed by atoms with Crippen molar-refractivity contribution in [2.24, 2.45) is 0 Å². The van der Waals surface area contributed by atoms with E-state index >= 15 is 0 Å². The van der Waals surface area contributed by atoms with Crippen molar-refractivity contribution in [1.82, 2.24) is 4.98 Å². The molecular formula is C16H23NO2. The van der Waals surface area contributed by atoms with Gasteiger partial charge in [0.15, 0.2) is 0 Å². The molecule has 3 heteroatoms. The first kappa shape index (κ1) is 13.9. The molecule has 0 saturated heterocycles. The molecule has 0 fully saturated rings. The van der Waals surface area contributed by atoms with Crippen molar-refractivity contribution in [2.75, 3.05) is 13.2 Å². The van der Waals surface area contributed by atoms with Crippen LogP contribution in [-0.4, -0.2) is 23.3 Å². The number of rotatable bonds is 8. The Balaban J connectivity index is 1.97. The van der Waals surface area contributed by atoms with Crippen molar-refractivity contribution in [2.45, 2.75) is 39.0 Å². The number of aromatic nitrogens is 1. The third kappa shape index (κ3) is 3.74. The Hall–Kier alpha value is -1.48. The van der Waals surface area contributed by atoms with Gasteiger partial charge in [0.2, 0.25) is 0 Å². The fourth-order valence-corrected chi connectivity index (χ4v) is 2.29. The number of aromatic amines is 1. The van der Waals surface area contributed by atoms with Crippen LogP contribution in [0.3, 0.4) is 0 Å². The van der Waals surface area contributed by atoms with Crippen molar-refractivity contribution in [1.29, 1.82) is 0 Å². The number of aliphatic hydroxyl groups is 1. The highest BCUT2D eigenvalue weighted by molar-refractivity contribution is 5.84. The number of hydrogen-bond donors (Lipinski definition) is 2. The van der Waals surface area contributed by atoms with Crippen LogP contribution in [0.15, 0.2) is 24.4 Å². The second kappa shape index (κ2) is 7.19. The molecule has 2 aromatic rings. The Morgan fingerprint density at radius 3 is 2.89 bits per heavy atom. The zero-order valence-electron chi connectivity index (χ0n) is 11.6. The normalized spacial score (nSPS) is 11.1. The molecule has 0 bridgehead atoms. The molecule has 1 heterocycles. The number of hydrogen-bond acceptors (Lipinski definition) is 2. The standard InChI is InChI=1S/C16H23NO2/c1-2-3-4-5-10-19-14-6-7-16-15(11-14)13(8-9-18)12-17-16/h6-7,11-12,17-18H,2-5,8-10H2,1H3. The van der Waals surface area contributed by atoms with Gasteiger partial charge in [-0.3, -0.25) is 0 Å². The molecule has 0 spiro atoms. The summed E-state index contributed by atoms with van der Waals surface area (Å²) in [6, 6.07) is 6.11. The van der Waals surface area contributed by atoms with Crippen LogP contribution < -0.4 is 4.74 Å². The SMILES string of the molecule is CCCCCCOc1ccc2[nH]cc(CCO)c2c1. The van der Waals surface area contributed by atoms with Crippen LogP contribution >= 0.6 is 0 Å². The molecule has 19 heavy (non-hydrogen) atoms. The van der Waals surface area contributed by atoms with Gasteiger partial charge in [0.25, 0.3) is 0 Å². The first-order valence-electron chi connectivity index (χ1n) is 7.19. The number of aliphatic hydroxyl groups excluding tert-OH is 1. The number of ether oxygens (including phenoxy) is 1. The molecular weight excluding hydrogens is 238 g/mol. The summed E-state index contributed by atoms with van der Waals surface area (Å²) in [7, 11) is 0. The van der Waals surface area contributed by atoms with Gasteiger partial charge < -0.3 is 14.8 Å². The maximum atomic E-state index is 9.05. The van der Waals surface area contributed by atoms with E-state index in [4.69, 9.17) is 9.84 Å². The summed E-state index contributed by atoms with van der Waals surface area (Å²) >= 11 is 0. The molecule has 3 nitrogen and oxygen atoms in total. The zero-order chi connectivity index (χ0) is 13.5. The van der Waals surface area contributed by atoms with Crippen LogP contribution in [0.2, 0.25) is 0 Å². The average molecular weight is 261 g/mol. The highest BCUT2D eigenvalue weighted by Crippen LogP contribution is 2.24. The van der Waals surface area contributed by atoms with E-state index in [0.717, 1.165) is 35.2 Å². The lowest BCUT2D eigenvalue weighted by Crippen LogP contribution is -1.97. The van der Waals surface area contributed by atoms with Crippen molar-refractivity contribution in [3.8, 4) is 5.75 Å². The van der Waals surface area contributed by atoms with Crippen molar-refractivity contribution in [3.05, 3.63) is 30.0 Å². The summed E-state index contributed by atoms with van der Waals surface area (Å²) in [5, 5.41) is 10.2. The lowest BCUT2D eigenvalue weighted by Gasteiger charge is -2.06. The molecule has 1 aromatic carbocycles. The first-order valence-corrected chi connectivity index (χ1v) is 7.19. The second-order valence-corrected chi connectivity index (χ2v) is 4.90. The van der Waals surface area contributed by atoms with Gasteiger partial charge in [-0.15, -0.1) is 0 Å².